The first-order valence-corrected chi connectivity index (χ1v) is 6.33. The van der Waals surface area contributed by atoms with E-state index >= 15 is 0 Å². The minimum Gasteiger partial charge on any atom is -0.510 e. The molecule has 0 saturated carbocycles. The summed E-state index contributed by atoms with van der Waals surface area (Å²) < 4.78 is 0. The zero-order valence-corrected chi connectivity index (χ0v) is 9.82. The number of aliphatic hydroxyl groups excluding tert-OH is 1. The Kier molecular flexibility index (Phi) is 1.86. The molecule has 0 aromatic heterocycles. The number of rotatable bonds is 0. The fraction of sp³-hybridized carbons (Fsp3) is 0.500. The molecule has 2 nitrogen and oxygen atoms in total. The van der Waals surface area contributed by atoms with Gasteiger partial charge in [-0.3, -0.25) is 5.32 Å². The lowest BCUT2D eigenvalue weighted by atomic mass is 9.90. The second kappa shape index (κ2) is 2.92. The Balaban J connectivity index is 2.17. The monoisotopic (exact) mass is 221 g/mol. The summed E-state index contributed by atoms with van der Waals surface area (Å²) in [5.41, 5.74) is 4.12. The van der Waals surface area contributed by atoms with Crippen LogP contribution in [0.2, 0.25) is 0 Å². The molecule has 15 heavy (non-hydrogen) atoms. The maximum Gasteiger partial charge on any atom is 0.114 e. The van der Waals surface area contributed by atoms with Crippen LogP contribution >= 0.6 is 11.8 Å². The topological polar surface area (TPSA) is 32.3 Å². The summed E-state index contributed by atoms with van der Waals surface area (Å²) in [4.78, 5) is 0.0568. The number of hydrogen-bond acceptors (Lipinski definition) is 3. The van der Waals surface area contributed by atoms with Crippen LogP contribution in [0.25, 0.3) is 0 Å². The molecule has 3 aliphatic rings. The Morgan fingerprint density at radius 2 is 2.33 bits per heavy atom. The summed E-state index contributed by atoms with van der Waals surface area (Å²) in [5.74, 6) is 1.65. The average molecular weight is 221 g/mol. The fourth-order valence-corrected chi connectivity index (χ4v) is 4.11. The van der Waals surface area contributed by atoms with Gasteiger partial charge >= 0.3 is 0 Å². The van der Waals surface area contributed by atoms with Gasteiger partial charge in [-0.05, 0) is 48.8 Å². The van der Waals surface area contributed by atoms with Crippen molar-refractivity contribution in [3.63, 3.8) is 0 Å². The molecule has 1 saturated heterocycles. The van der Waals surface area contributed by atoms with Crippen molar-refractivity contribution in [3.05, 3.63) is 34.6 Å². The number of fused-ring (bicyclic) bond motifs is 2. The maximum absolute atomic E-state index is 9.88. The molecule has 80 valence electrons. The van der Waals surface area contributed by atoms with E-state index in [0.717, 1.165) is 6.42 Å². The number of thioether (sulfide) groups is 1. The number of aliphatic hydroxyl groups is 1. The highest BCUT2D eigenvalue weighted by Crippen LogP contribution is 2.50. The third kappa shape index (κ3) is 1.16. The van der Waals surface area contributed by atoms with Crippen molar-refractivity contribution in [2.24, 2.45) is 0 Å². The first kappa shape index (κ1) is 9.55. The SMILES string of the molecule is CC1=CC=C(O)C2NC3(C)SCCC3=C12. The average Bonchev–Trinajstić information content (AvgIpc) is 2.66. The zero-order valence-electron chi connectivity index (χ0n) is 9.00. The van der Waals surface area contributed by atoms with Crippen molar-refractivity contribution in [3.8, 4) is 0 Å². The first-order valence-electron chi connectivity index (χ1n) is 5.35. The van der Waals surface area contributed by atoms with Gasteiger partial charge in [-0.25, -0.2) is 0 Å². The van der Waals surface area contributed by atoms with Crippen LogP contribution < -0.4 is 5.32 Å². The van der Waals surface area contributed by atoms with Crippen molar-refractivity contribution < 1.29 is 5.11 Å². The molecule has 3 rings (SSSR count). The molecule has 2 heterocycles. The van der Waals surface area contributed by atoms with E-state index in [4.69, 9.17) is 0 Å². The fourth-order valence-electron chi connectivity index (χ4n) is 2.81. The highest BCUT2D eigenvalue weighted by Gasteiger charge is 2.47. The van der Waals surface area contributed by atoms with Crippen LogP contribution in [0.3, 0.4) is 0 Å². The highest BCUT2D eigenvalue weighted by atomic mass is 32.2. The van der Waals surface area contributed by atoms with Gasteiger partial charge in [-0.15, -0.1) is 11.8 Å². The third-order valence-electron chi connectivity index (χ3n) is 3.58. The van der Waals surface area contributed by atoms with E-state index < -0.39 is 0 Å². The Labute approximate surface area is 94.1 Å². The minimum atomic E-state index is 0.0443. The summed E-state index contributed by atoms with van der Waals surface area (Å²) in [7, 11) is 0. The van der Waals surface area contributed by atoms with Crippen molar-refractivity contribution >= 4 is 11.8 Å². The molecule has 2 atom stereocenters. The molecule has 0 amide bonds. The largest absolute Gasteiger partial charge is 0.510 e. The third-order valence-corrected chi connectivity index (χ3v) is 4.93. The van der Waals surface area contributed by atoms with Gasteiger partial charge in [0.05, 0.1) is 10.9 Å². The first-order chi connectivity index (χ1) is 7.12. The van der Waals surface area contributed by atoms with E-state index in [0.29, 0.717) is 5.76 Å². The molecular weight excluding hydrogens is 206 g/mol. The zero-order chi connectivity index (χ0) is 10.6. The second-order valence-corrected chi connectivity index (χ2v) is 6.06. The van der Waals surface area contributed by atoms with Gasteiger partial charge < -0.3 is 5.11 Å². The normalized spacial score (nSPS) is 38.7. The van der Waals surface area contributed by atoms with Crippen LogP contribution in [-0.2, 0) is 0 Å². The van der Waals surface area contributed by atoms with Crippen molar-refractivity contribution in [1.82, 2.24) is 5.32 Å². The van der Waals surface area contributed by atoms with Gasteiger partial charge in [0.25, 0.3) is 0 Å². The van der Waals surface area contributed by atoms with E-state index in [2.05, 4.69) is 19.2 Å². The Morgan fingerprint density at radius 1 is 1.53 bits per heavy atom. The smallest absolute Gasteiger partial charge is 0.114 e. The molecule has 1 aliphatic carbocycles. The number of hydrogen-bond donors (Lipinski definition) is 2. The van der Waals surface area contributed by atoms with Crippen molar-refractivity contribution in [2.45, 2.75) is 31.2 Å². The highest BCUT2D eigenvalue weighted by molar-refractivity contribution is 8.01. The quantitative estimate of drug-likeness (QED) is 0.659. The summed E-state index contributed by atoms with van der Waals surface area (Å²) in [6.07, 6.45) is 4.98. The summed E-state index contributed by atoms with van der Waals surface area (Å²) in [6, 6.07) is 0.0443. The Morgan fingerprint density at radius 3 is 3.13 bits per heavy atom. The predicted octanol–water partition coefficient (Wildman–Crippen LogP) is 2.51. The van der Waals surface area contributed by atoms with E-state index in [1.165, 1.54) is 22.5 Å². The van der Waals surface area contributed by atoms with Gasteiger partial charge in [0.15, 0.2) is 0 Å². The molecule has 0 spiro atoms. The van der Waals surface area contributed by atoms with E-state index in [9.17, 15) is 5.11 Å². The van der Waals surface area contributed by atoms with E-state index in [-0.39, 0.29) is 10.9 Å². The van der Waals surface area contributed by atoms with Crippen molar-refractivity contribution in [2.75, 3.05) is 5.75 Å². The maximum atomic E-state index is 9.88. The van der Waals surface area contributed by atoms with Gasteiger partial charge in [0.2, 0.25) is 0 Å². The van der Waals surface area contributed by atoms with Gasteiger partial charge in [0.1, 0.15) is 5.76 Å². The van der Waals surface area contributed by atoms with Crippen LogP contribution in [0.4, 0.5) is 0 Å². The summed E-state index contributed by atoms with van der Waals surface area (Å²) in [6.45, 7) is 4.36. The van der Waals surface area contributed by atoms with Crippen LogP contribution in [0.15, 0.2) is 34.6 Å². The van der Waals surface area contributed by atoms with E-state index in [1.54, 1.807) is 0 Å². The number of nitrogens with one attached hydrogen (secondary N) is 1. The summed E-state index contributed by atoms with van der Waals surface area (Å²) >= 11 is 1.95. The van der Waals surface area contributed by atoms with Crippen LogP contribution in [0.1, 0.15) is 20.3 Å². The standard InChI is InChI=1S/C12H15NOS/c1-7-3-4-9(14)11-10(7)8-5-6-15-12(8,2)13-11/h3-4,11,13-14H,5-6H2,1-2H3. The lowest BCUT2D eigenvalue weighted by molar-refractivity contribution is 0.355. The van der Waals surface area contributed by atoms with Crippen molar-refractivity contribution in [1.29, 1.82) is 0 Å². The molecule has 3 heteroatoms. The molecule has 2 aliphatic heterocycles. The van der Waals surface area contributed by atoms with Crippen LogP contribution in [0.5, 0.6) is 0 Å². The predicted molar refractivity (Wildman–Crippen MR) is 63.9 cm³/mol. The van der Waals surface area contributed by atoms with Crippen LogP contribution in [-0.4, -0.2) is 21.8 Å². The molecule has 2 N–H and O–H groups in total. The Hall–Kier alpha value is -0.670. The lowest BCUT2D eigenvalue weighted by Crippen LogP contribution is -2.40. The molecule has 0 bridgehead atoms. The van der Waals surface area contributed by atoms with E-state index in [1.807, 2.05) is 23.9 Å². The lowest BCUT2D eigenvalue weighted by Gasteiger charge is -2.24. The van der Waals surface area contributed by atoms with Gasteiger partial charge in [-0.1, -0.05) is 6.08 Å². The summed E-state index contributed by atoms with van der Waals surface area (Å²) in [5, 5.41) is 13.4. The molecular formula is C12H15NOS. The van der Waals surface area contributed by atoms with Crippen LogP contribution in [0, 0.1) is 0 Å². The van der Waals surface area contributed by atoms with Gasteiger partial charge in [0, 0.05) is 0 Å². The molecule has 0 aromatic rings. The molecule has 1 fully saturated rings. The van der Waals surface area contributed by atoms with Gasteiger partial charge in [-0.2, -0.15) is 0 Å². The molecule has 0 radical (unpaired) electrons. The Bertz CT molecular complexity index is 421. The second-order valence-electron chi connectivity index (χ2n) is 4.54. The molecule has 0 aromatic carbocycles. The minimum absolute atomic E-state index is 0.0443. The number of allylic oxidation sites excluding steroid dienone is 2. The molecule has 2 unspecified atom stereocenters.